The average molecular weight is 303 g/mol. The predicted octanol–water partition coefficient (Wildman–Crippen LogP) is 2.89. The van der Waals surface area contributed by atoms with Crippen molar-refractivity contribution >= 4 is 11.7 Å². The molecule has 0 radical (unpaired) electrons. The Hall–Kier alpha value is -3.09. The fraction of sp³-hybridized carbons (Fsp3) is 0.133. The number of rotatable bonds is 5. The highest BCUT2D eigenvalue weighted by molar-refractivity contribution is 5.92. The number of ether oxygens (including phenoxy) is 1. The molecule has 2 aromatic rings. The van der Waals surface area contributed by atoms with E-state index in [4.69, 9.17) is 9.84 Å². The van der Waals surface area contributed by atoms with E-state index >= 15 is 0 Å². The second-order valence-corrected chi connectivity index (χ2v) is 4.68. The van der Waals surface area contributed by atoms with Gasteiger partial charge in [0.05, 0.1) is 4.92 Å². The molecule has 0 aromatic heterocycles. The van der Waals surface area contributed by atoms with Crippen molar-refractivity contribution in [1.29, 1.82) is 0 Å². The summed E-state index contributed by atoms with van der Waals surface area (Å²) in [5.74, 6) is -2.22. The normalized spacial score (nSPS) is 10.2. The number of aryl methyl sites for hydroxylation is 1. The van der Waals surface area contributed by atoms with E-state index in [1.54, 1.807) is 6.07 Å². The van der Waals surface area contributed by atoms with E-state index in [2.05, 4.69) is 0 Å². The fourth-order valence-corrected chi connectivity index (χ4v) is 1.95. The number of phenols is 1. The molecule has 114 valence electrons. The average Bonchev–Trinajstić information content (AvgIpc) is 2.44. The first kappa shape index (κ1) is 15.3. The lowest BCUT2D eigenvalue weighted by molar-refractivity contribution is -0.386. The molecule has 0 atom stereocenters. The van der Waals surface area contributed by atoms with E-state index in [9.17, 15) is 20.0 Å². The summed E-state index contributed by atoms with van der Waals surface area (Å²) >= 11 is 0. The van der Waals surface area contributed by atoms with Gasteiger partial charge in [0.25, 0.3) is 0 Å². The topological polar surface area (TPSA) is 110 Å². The molecular weight excluding hydrogens is 290 g/mol. The molecule has 0 saturated carbocycles. The van der Waals surface area contributed by atoms with Gasteiger partial charge in [-0.25, -0.2) is 4.79 Å². The summed E-state index contributed by atoms with van der Waals surface area (Å²) in [5.41, 5.74) is 0.758. The van der Waals surface area contributed by atoms with Gasteiger partial charge < -0.3 is 14.9 Å². The van der Waals surface area contributed by atoms with Gasteiger partial charge in [-0.05, 0) is 12.5 Å². The Labute approximate surface area is 125 Å². The number of nitrogens with zero attached hydrogens (tertiary/aromatic N) is 1. The van der Waals surface area contributed by atoms with E-state index in [0.717, 1.165) is 23.3 Å². The highest BCUT2D eigenvalue weighted by Gasteiger charge is 2.22. The van der Waals surface area contributed by atoms with Gasteiger partial charge in [-0.3, -0.25) is 10.1 Å². The van der Waals surface area contributed by atoms with Crippen LogP contribution in [0.15, 0.2) is 36.4 Å². The Balaban J connectivity index is 2.32. The molecule has 0 aliphatic heterocycles. The minimum absolute atomic E-state index is 0.0639. The van der Waals surface area contributed by atoms with Crippen LogP contribution in [0.4, 0.5) is 5.69 Å². The van der Waals surface area contributed by atoms with Crippen molar-refractivity contribution in [3.63, 3.8) is 0 Å². The molecular formula is C15H13NO6. The molecule has 7 heteroatoms. The smallest absolute Gasteiger partial charge is 0.339 e. The van der Waals surface area contributed by atoms with Crippen LogP contribution in [0.2, 0.25) is 0 Å². The number of hydrogen-bond acceptors (Lipinski definition) is 5. The van der Waals surface area contributed by atoms with E-state index < -0.39 is 27.9 Å². The van der Waals surface area contributed by atoms with E-state index in [1.807, 2.05) is 25.1 Å². The standard InChI is InChI=1S/C15H13NO6/c1-9-3-2-4-10(5-9)8-22-14-7-13(17)11(15(18)19)6-12(14)16(20)21/h2-7,17H,8H2,1H3,(H,18,19). The molecule has 0 heterocycles. The second kappa shape index (κ2) is 6.13. The monoisotopic (exact) mass is 303 g/mol. The van der Waals surface area contributed by atoms with Gasteiger partial charge >= 0.3 is 11.7 Å². The van der Waals surface area contributed by atoms with Crippen LogP contribution in [-0.2, 0) is 6.61 Å². The summed E-state index contributed by atoms with van der Waals surface area (Å²) in [5, 5.41) is 29.5. The highest BCUT2D eigenvalue weighted by atomic mass is 16.6. The lowest BCUT2D eigenvalue weighted by Crippen LogP contribution is -2.03. The molecule has 0 amide bonds. The number of nitro benzene ring substituents is 1. The number of benzene rings is 2. The Morgan fingerprint density at radius 1 is 1.32 bits per heavy atom. The predicted molar refractivity (Wildman–Crippen MR) is 77.2 cm³/mol. The number of carboxylic acid groups (broad SMARTS) is 1. The first-order valence-corrected chi connectivity index (χ1v) is 6.31. The number of aromatic hydroxyl groups is 1. The van der Waals surface area contributed by atoms with Crippen molar-refractivity contribution < 1.29 is 24.7 Å². The molecule has 22 heavy (non-hydrogen) atoms. The Morgan fingerprint density at radius 3 is 2.64 bits per heavy atom. The van der Waals surface area contributed by atoms with Crippen LogP contribution in [0.5, 0.6) is 11.5 Å². The molecule has 7 nitrogen and oxygen atoms in total. The number of hydrogen-bond donors (Lipinski definition) is 2. The van der Waals surface area contributed by atoms with Crippen molar-refractivity contribution in [2.45, 2.75) is 13.5 Å². The maximum Gasteiger partial charge on any atom is 0.339 e. The van der Waals surface area contributed by atoms with Crippen LogP contribution in [0.1, 0.15) is 21.5 Å². The number of carboxylic acids is 1. The third kappa shape index (κ3) is 3.32. The minimum atomic E-state index is -1.45. The van der Waals surface area contributed by atoms with Crippen molar-refractivity contribution in [1.82, 2.24) is 0 Å². The third-order valence-corrected chi connectivity index (χ3v) is 2.98. The van der Waals surface area contributed by atoms with Crippen LogP contribution >= 0.6 is 0 Å². The first-order chi connectivity index (χ1) is 10.4. The summed E-state index contributed by atoms with van der Waals surface area (Å²) in [6, 6.07) is 9.11. The van der Waals surface area contributed by atoms with Crippen molar-refractivity contribution in [3.8, 4) is 11.5 Å². The quantitative estimate of drug-likeness (QED) is 0.649. The third-order valence-electron chi connectivity index (χ3n) is 2.98. The maximum absolute atomic E-state index is 11.0. The van der Waals surface area contributed by atoms with E-state index in [0.29, 0.717) is 0 Å². The van der Waals surface area contributed by atoms with Gasteiger partial charge in [0.2, 0.25) is 5.75 Å². The van der Waals surface area contributed by atoms with Crippen LogP contribution in [0, 0.1) is 17.0 Å². The van der Waals surface area contributed by atoms with Gasteiger partial charge in [-0.1, -0.05) is 29.8 Å². The Kier molecular flexibility index (Phi) is 4.26. The van der Waals surface area contributed by atoms with Gasteiger partial charge in [0, 0.05) is 12.1 Å². The summed E-state index contributed by atoms with van der Waals surface area (Å²) in [6.45, 7) is 1.97. The molecule has 0 unspecified atom stereocenters. The van der Waals surface area contributed by atoms with E-state index in [-0.39, 0.29) is 12.4 Å². The molecule has 2 rings (SSSR count). The fourth-order valence-electron chi connectivity index (χ4n) is 1.95. The zero-order valence-corrected chi connectivity index (χ0v) is 11.6. The Morgan fingerprint density at radius 2 is 2.05 bits per heavy atom. The van der Waals surface area contributed by atoms with Gasteiger partial charge in [-0.2, -0.15) is 0 Å². The second-order valence-electron chi connectivity index (χ2n) is 4.68. The molecule has 0 saturated heterocycles. The lowest BCUT2D eigenvalue weighted by Gasteiger charge is -2.09. The van der Waals surface area contributed by atoms with Gasteiger partial charge in [-0.15, -0.1) is 0 Å². The van der Waals surface area contributed by atoms with Crippen LogP contribution in [-0.4, -0.2) is 21.1 Å². The summed E-state index contributed by atoms with van der Waals surface area (Å²) in [6.07, 6.45) is 0. The molecule has 2 aromatic carbocycles. The van der Waals surface area contributed by atoms with Crippen molar-refractivity contribution in [2.75, 3.05) is 0 Å². The number of carbonyl (C=O) groups is 1. The molecule has 0 fully saturated rings. The Bertz CT molecular complexity index is 741. The summed E-state index contributed by atoms with van der Waals surface area (Å²) < 4.78 is 5.36. The first-order valence-electron chi connectivity index (χ1n) is 6.31. The molecule has 0 aliphatic carbocycles. The summed E-state index contributed by atoms with van der Waals surface area (Å²) in [7, 11) is 0. The molecule has 0 aliphatic rings. The van der Waals surface area contributed by atoms with Gasteiger partial charge in [0.1, 0.15) is 17.9 Å². The molecule has 0 bridgehead atoms. The van der Waals surface area contributed by atoms with Crippen LogP contribution in [0.3, 0.4) is 0 Å². The SMILES string of the molecule is Cc1cccc(COc2cc(O)c(C(=O)O)cc2[N+](=O)[O-])c1. The van der Waals surface area contributed by atoms with Crippen molar-refractivity contribution in [2.24, 2.45) is 0 Å². The van der Waals surface area contributed by atoms with E-state index in [1.165, 1.54) is 0 Å². The zero-order valence-electron chi connectivity index (χ0n) is 11.6. The van der Waals surface area contributed by atoms with Crippen LogP contribution in [0.25, 0.3) is 0 Å². The number of aromatic carboxylic acids is 1. The van der Waals surface area contributed by atoms with Gasteiger partial charge in [0.15, 0.2) is 0 Å². The molecule has 0 spiro atoms. The van der Waals surface area contributed by atoms with Crippen LogP contribution < -0.4 is 4.74 Å². The number of nitro groups is 1. The summed E-state index contributed by atoms with van der Waals surface area (Å²) in [4.78, 5) is 21.2. The van der Waals surface area contributed by atoms with Crippen molar-refractivity contribution in [3.05, 3.63) is 63.2 Å². The lowest BCUT2D eigenvalue weighted by atomic mass is 10.1. The largest absolute Gasteiger partial charge is 0.507 e. The minimum Gasteiger partial charge on any atom is -0.507 e. The molecule has 2 N–H and O–H groups in total. The highest BCUT2D eigenvalue weighted by Crippen LogP contribution is 2.34. The maximum atomic E-state index is 11.0. The zero-order chi connectivity index (χ0) is 16.3.